The van der Waals surface area contributed by atoms with Gasteiger partial charge in [0.15, 0.2) is 0 Å². The van der Waals surface area contributed by atoms with Gasteiger partial charge in [0.05, 0.1) is 6.04 Å². The Kier molecular flexibility index (Phi) is 7.10. The van der Waals surface area contributed by atoms with Crippen molar-refractivity contribution in [2.45, 2.75) is 65.1 Å². The Labute approximate surface area is 120 Å². The molecule has 0 saturated carbocycles. The summed E-state index contributed by atoms with van der Waals surface area (Å²) in [6.07, 6.45) is 2.94. The van der Waals surface area contributed by atoms with Crippen LogP contribution < -0.4 is 10.6 Å². The number of amides is 1. The van der Waals surface area contributed by atoms with E-state index in [1.807, 2.05) is 6.92 Å². The molecular formula is C15H26N2OS. The van der Waals surface area contributed by atoms with Crippen LogP contribution in [0.1, 0.15) is 45.4 Å². The molecule has 108 valence electrons. The number of carbonyl (C=O) groups is 1. The number of hydrogen-bond donors (Lipinski definition) is 2. The van der Waals surface area contributed by atoms with Gasteiger partial charge in [-0.25, -0.2) is 0 Å². The van der Waals surface area contributed by atoms with Gasteiger partial charge in [-0.15, -0.1) is 11.3 Å². The molecule has 19 heavy (non-hydrogen) atoms. The molecule has 0 spiro atoms. The number of thiophene rings is 1. The van der Waals surface area contributed by atoms with Gasteiger partial charge in [0.1, 0.15) is 0 Å². The molecule has 0 radical (unpaired) electrons. The minimum Gasteiger partial charge on any atom is -0.352 e. The Morgan fingerprint density at radius 3 is 2.53 bits per heavy atom. The predicted molar refractivity (Wildman–Crippen MR) is 82.6 cm³/mol. The fraction of sp³-hybridized carbons (Fsp3) is 0.667. The van der Waals surface area contributed by atoms with Crippen LogP contribution in [0.3, 0.4) is 0 Å². The van der Waals surface area contributed by atoms with Crippen molar-refractivity contribution in [1.29, 1.82) is 0 Å². The van der Waals surface area contributed by atoms with E-state index >= 15 is 0 Å². The van der Waals surface area contributed by atoms with Crippen LogP contribution in [0, 0.1) is 0 Å². The minimum absolute atomic E-state index is 0.103. The third-order valence-electron chi connectivity index (χ3n) is 3.35. The molecule has 1 heterocycles. The van der Waals surface area contributed by atoms with Crippen LogP contribution in [-0.2, 0) is 11.2 Å². The fourth-order valence-electron chi connectivity index (χ4n) is 2.11. The Balaban J connectivity index is 2.36. The van der Waals surface area contributed by atoms with E-state index in [4.69, 9.17) is 0 Å². The number of carbonyl (C=O) groups excluding carboxylic acids is 1. The molecule has 0 aliphatic carbocycles. The zero-order valence-electron chi connectivity index (χ0n) is 12.4. The highest BCUT2D eigenvalue weighted by Gasteiger charge is 2.17. The molecule has 1 amide bonds. The predicted octanol–water partition coefficient (Wildman–Crippen LogP) is 2.96. The molecule has 1 rings (SSSR count). The van der Waals surface area contributed by atoms with E-state index in [-0.39, 0.29) is 11.9 Å². The molecule has 2 atom stereocenters. The Bertz CT molecular complexity index is 360. The van der Waals surface area contributed by atoms with Gasteiger partial charge >= 0.3 is 0 Å². The van der Waals surface area contributed by atoms with Crippen molar-refractivity contribution in [2.75, 3.05) is 0 Å². The van der Waals surface area contributed by atoms with Crippen LogP contribution in [-0.4, -0.2) is 24.0 Å². The van der Waals surface area contributed by atoms with E-state index in [9.17, 15) is 4.79 Å². The van der Waals surface area contributed by atoms with Crippen LogP contribution in [0.15, 0.2) is 17.5 Å². The highest BCUT2D eigenvalue weighted by Crippen LogP contribution is 2.11. The molecule has 2 unspecified atom stereocenters. The minimum atomic E-state index is -0.143. The van der Waals surface area contributed by atoms with E-state index in [2.05, 4.69) is 48.9 Å². The van der Waals surface area contributed by atoms with Crippen molar-refractivity contribution < 1.29 is 4.79 Å². The maximum Gasteiger partial charge on any atom is 0.237 e. The smallest absolute Gasteiger partial charge is 0.237 e. The quantitative estimate of drug-likeness (QED) is 0.769. The molecular weight excluding hydrogens is 256 g/mol. The molecule has 0 bridgehead atoms. The lowest BCUT2D eigenvalue weighted by atomic mass is 10.1. The monoisotopic (exact) mass is 282 g/mol. The van der Waals surface area contributed by atoms with Crippen molar-refractivity contribution in [3.63, 3.8) is 0 Å². The zero-order chi connectivity index (χ0) is 14.3. The molecule has 0 aliphatic rings. The lowest BCUT2D eigenvalue weighted by Gasteiger charge is -2.22. The van der Waals surface area contributed by atoms with Gasteiger partial charge in [0.2, 0.25) is 5.91 Å². The summed E-state index contributed by atoms with van der Waals surface area (Å²) in [6.45, 7) is 8.27. The SMILES string of the molecule is CCC(CC)NC(=O)C(C)NC(C)Cc1cccs1. The van der Waals surface area contributed by atoms with Crippen molar-refractivity contribution in [2.24, 2.45) is 0 Å². The lowest BCUT2D eigenvalue weighted by molar-refractivity contribution is -0.123. The maximum absolute atomic E-state index is 12.0. The summed E-state index contributed by atoms with van der Waals surface area (Å²) in [4.78, 5) is 13.4. The van der Waals surface area contributed by atoms with E-state index in [1.54, 1.807) is 11.3 Å². The average molecular weight is 282 g/mol. The van der Waals surface area contributed by atoms with Gasteiger partial charge in [-0.3, -0.25) is 4.79 Å². The third-order valence-corrected chi connectivity index (χ3v) is 4.25. The number of nitrogens with one attached hydrogen (secondary N) is 2. The average Bonchev–Trinajstić information content (AvgIpc) is 2.87. The van der Waals surface area contributed by atoms with Crippen molar-refractivity contribution in [1.82, 2.24) is 10.6 Å². The Hall–Kier alpha value is -0.870. The summed E-state index contributed by atoms with van der Waals surface area (Å²) in [7, 11) is 0. The van der Waals surface area contributed by atoms with E-state index < -0.39 is 0 Å². The molecule has 1 aromatic rings. The van der Waals surface area contributed by atoms with E-state index in [0.717, 1.165) is 19.3 Å². The van der Waals surface area contributed by atoms with Crippen LogP contribution in [0.4, 0.5) is 0 Å². The van der Waals surface area contributed by atoms with Gasteiger partial charge in [0, 0.05) is 17.0 Å². The first-order valence-electron chi connectivity index (χ1n) is 7.15. The van der Waals surface area contributed by atoms with Gasteiger partial charge in [-0.1, -0.05) is 19.9 Å². The largest absolute Gasteiger partial charge is 0.352 e. The molecule has 0 saturated heterocycles. The van der Waals surface area contributed by atoms with Gasteiger partial charge < -0.3 is 10.6 Å². The summed E-state index contributed by atoms with van der Waals surface area (Å²) in [5.41, 5.74) is 0. The van der Waals surface area contributed by atoms with Crippen LogP contribution in [0.5, 0.6) is 0 Å². The third kappa shape index (κ3) is 5.74. The number of rotatable bonds is 8. The Morgan fingerprint density at radius 2 is 2.00 bits per heavy atom. The van der Waals surface area contributed by atoms with Crippen LogP contribution >= 0.6 is 11.3 Å². The first-order valence-corrected chi connectivity index (χ1v) is 8.03. The first kappa shape index (κ1) is 16.2. The first-order chi connectivity index (χ1) is 9.06. The van der Waals surface area contributed by atoms with Gasteiger partial charge in [-0.05, 0) is 44.6 Å². The number of hydrogen-bond acceptors (Lipinski definition) is 3. The van der Waals surface area contributed by atoms with E-state index in [1.165, 1.54) is 4.88 Å². The summed E-state index contributed by atoms with van der Waals surface area (Å²) in [5.74, 6) is 0.103. The lowest BCUT2D eigenvalue weighted by Crippen LogP contribution is -2.48. The standard InChI is InChI=1S/C15H26N2OS/c1-5-13(6-2)17-15(18)12(4)16-11(3)10-14-8-7-9-19-14/h7-9,11-13,16H,5-6,10H2,1-4H3,(H,17,18). The van der Waals surface area contributed by atoms with Gasteiger partial charge in [-0.2, -0.15) is 0 Å². The van der Waals surface area contributed by atoms with Crippen molar-refractivity contribution in [3.05, 3.63) is 22.4 Å². The molecule has 0 fully saturated rings. The molecule has 2 N–H and O–H groups in total. The van der Waals surface area contributed by atoms with Crippen molar-refractivity contribution in [3.8, 4) is 0 Å². The second-order valence-corrected chi connectivity index (χ2v) is 6.13. The zero-order valence-corrected chi connectivity index (χ0v) is 13.2. The molecule has 4 heteroatoms. The highest BCUT2D eigenvalue weighted by molar-refractivity contribution is 7.09. The highest BCUT2D eigenvalue weighted by atomic mass is 32.1. The summed E-state index contributed by atoms with van der Waals surface area (Å²) < 4.78 is 0. The van der Waals surface area contributed by atoms with E-state index in [0.29, 0.717) is 12.1 Å². The topological polar surface area (TPSA) is 41.1 Å². The molecule has 0 aromatic carbocycles. The summed E-state index contributed by atoms with van der Waals surface area (Å²) >= 11 is 1.76. The second-order valence-electron chi connectivity index (χ2n) is 5.09. The fourth-order valence-corrected chi connectivity index (χ4v) is 2.95. The van der Waals surface area contributed by atoms with Crippen molar-refractivity contribution >= 4 is 17.2 Å². The van der Waals surface area contributed by atoms with Gasteiger partial charge in [0.25, 0.3) is 0 Å². The molecule has 3 nitrogen and oxygen atoms in total. The normalized spacial score (nSPS) is 14.4. The summed E-state index contributed by atoms with van der Waals surface area (Å²) in [6, 6.07) is 4.66. The maximum atomic E-state index is 12.0. The molecule has 0 aliphatic heterocycles. The summed E-state index contributed by atoms with van der Waals surface area (Å²) in [5, 5.41) is 8.54. The second kappa shape index (κ2) is 8.33. The Morgan fingerprint density at radius 1 is 1.32 bits per heavy atom. The molecule has 1 aromatic heterocycles. The van der Waals surface area contributed by atoms with Crippen LogP contribution in [0.25, 0.3) is 0 Å². The van der Waals surface area contributed by atoms with Crippen LogP contribution in [0.2, 0.25) is 0 Å².